The predicted molar refractivity (Wildman–Crippen MR) is 58.5 cm³/mol. The maximum Gasteiger partial charge on any atom is 0.419 e. The van der Waals surface area contributed by atoms with Crippen molar-refractivity contribution < 1.29 is 13.2 Å². The molecule has 0 unspecified atom stereocenters. The summed E-state index contributed by atoms with van der Waals surface area (Å²) < 4.78 is 36.8. The van der Waals surface area contributed by atoms with Crippen LogP contribution in [0.25, 0.3) is 0 Å². The zero-order valence-corrected chi connectivity index (χ0v) is 9.88. The predicted octanol–water partition coefficient (Wildman–Crippen LogP) is 2.43. The monoisotopic (exact) mass is 247 g/mol. The van der Waals surface area contributed by atoms with Crippen LogP contribution < -0.4 is 5.32 Å². The molecule has 1 aromatic heterocycles. The second kappa shape index (κ2) is 5.95. The summed E-state index contributed by atoms with van der Waals surface area (Å²) in [7, 11) is 1.86. The molecule has 0 radical (unpaired) electrons. The summed E-state index contributed by atoms with van der Waals surface area (Å²) in [6, 6.07) is 0.348. The average molecular weight is 247 g/mol. The van der Waals surface area contributed by atoms with E-state index in [1.54, 1.807) is 0 Å². The van der Waals surface area contributed by atoms with Crippen LogP contribution in [0, 0.1) is 0 Å². The molecule has 0 aliphatic rings. The lowest BCUT2D eigenvalue weighted by Crippen LogP contribution is -2.24. The summed E-state index contributed by atoms with van der Waals surface area (Å²) >= 11 is 0. The van der Waals surface area contributed by atoms with Crippen molar-refractivity contribution in [1.29, 1.82) is 0 Å². The van der Waals surface area contributed by atoms with Gasteiger partial charge in [-0.3, -0.25) is 0 Å². The van der Waals surface area contributed by atoms with Crippen molar-refractivity contribution in [2.24, 2.45) is 0 Å². The lowest BCUT2D eigenvalue weighted by atomic mass is 10.1. The summed E-state index contributed by atoms with van der Waals surface area (Å²) in [6.07, 6.45) is -0.326. The van der Waals surface area contributed by atoms with Gasteiger partial charge in [0.15, 0.2) is 0 Å². The van der Waals surface area contributed by atoms with Crippen molar-refractivity contribution in [3.63, 3.8) is 0 Å². The lowest BCUT2D eigenvalue weighted by molar-refractivity contribution is -0.138. The number of hydrogen-bond acceptors (Lipinski definition) is 3. The Hall–Kier alpha value is -1.17. The van der Waals surface area contributed by atoms with Crippen LogP contribution >= 0.6 is 0 Å². The van der Waals surface area contributed by atoms with E-state index in [1.807, 2.05) is 7.05 Å². The summed E-state index contributed by atoms with van der Waals surface area (Å²) in [6.45, 7) is 2.05. The Morgan fingerprint density at radius 2 is 1.88 bits per heavy atom. The molecule has 0 fully saturated rings. The average Bonchev–Trinajstić information content (AvgIpc) is 2.30. The first-order valence-corrected chi connectivity index (χ1v) is 5.52. The number of nitrogens with one attached hydrogen (secondary N) is 1. The Bertz CT molecular complexity index is 331. The molecule has 0 saturated carbocycles. The highest BCUT2D eigenvalue weighted by Gasteiger charge is 2.31. The maximum atomic E-state index is 12.3. The molecular formula is C11H16F3N3. The largest absolute Gasteiger partial charge is 0.419 e. The van der Waals surface area contributed by atoms with E-state index in [0.717, 1.165) is 25.2 Å². The smallest absolute Gasteiger partial charge is 0.317 e. The highest BCUT2D eigenvalue weighted by molar-refractivity contribution is 5.09. The molecule has 1 aromatic rings. The van der Waals surface area contributed by atoms with Crippen molar-refractivity contribution in [2.75, 3.05) is 7.05 Å². The van der Waals surface area contributed by atoms with E-state index >= 15 is 0 Å². The van der Waals surface area contributed by atoms with Crippen LogP contribution in [0.3, 0.4) is 0 Å². The second-order valence-corrected chi connectivity index (χ2v) is 3.82. The van der Waals surface area contributed by atoms with Gasteiger partial charge in [-0.2, -0.15) is 13.2 Å². The van der Waals surface area contributed by atoms with Crippen molar-refractivity contribution in [3.05, 3.63) is 23.8 Å². The van der Waals surface area contributed by atoms with E-state index in [-0.39, 0.29) is 0 Å². The van der Waals surface area contributed by atoms with Gasteiger partial charge in [0.1, 0.15) is 5.82 Å². The Labute approximate surface area is 98.5 Å². The van der Waals surface area contributed by atoms with Crippen molar-refractivity contribution in [2.45, 2.75) is 38.4 Å². The molecule has 17 heavy (non-hydrogen) atoms. The molecule has 1 atom stereocenters. The molecule has 0 saturated heterocycles. The minimum absolute atomic E-state index is 0.348. The van der Waals surface area contributed by atoms with Crippen LogP contribution in [0.2, 0.25) is 0 Å². The number of alkyl halides is 3. The van der Waals surface area contributed by atoms with Gasteiger partial charge in [0, 0.05) is 24.9 Å². The molecule has 1 heterocycles. The highest BCUT2D eigenvalue weighted by Crippen LogP contribution is 2.27. The minimum atomic E-state index is -4.37. The third kappa shape index (κ3) is 4.30. The van der Waals surface area contributed by atoms with Gasteiger partial charge in [0.2, 0.25) is 0 Å². The van der Waals surface area contributed by atoms with Gasteiger partial charge in [-0.25, -0.2) is 9.97 Å². The lowest BCUT2D eigenvalue weighted by Gasteiger charge is -2.12. The Morgan fingerprint density at radius 3 is 2.29 bits per heavy atom. The summed E-state index contributed by atoms with van der Waals surface area (Å²) in [4.78, 5) is 7.45. The van der Waals surface area contributed by atoms with Crippen molar-refractivity contribution in [3.8, 4) is 0 Å². The van der Waals surface area contributed by atoms with E-state index in [1.165, 1.54) is 0 Å². The number of nitrogens with zero attached hydrogens (tertiary/aromatic N) is 2. The molecule has 96 valence electrons. The fraction of sp³-hybridized carbons (Fsp3) is 0.636. The van der Waals surface area contributed by atoms with Gasteiger partial charge in [-0.05, 0) is 19.9 Å². The quantitative estimate of drug-likeness (QED) is 0.868. The molecule has 6 heteroatoms. The molecule has 0 aliphatic heterocycles. The van der Waals surface area contributed by atoms with Gasteiger partial charge in [0.25, 0.3) is 0 Å². The van der Waals surface area contributed by atoms with Crippen LogP contribution in [0.4, 0.5) is 13.2 Å². The molecule has 0 bridgehead atoms. The number of aryl methyl sites for hydroxylation is 1. The number of hydrogen-bond donors (Lipinski definition) is 1. The molecule has 0 aromatic carbocycles. The zero-order valence-electron chi connectivity index (χ0n) is 9.88. The third-order valence-corrected chi connectivity index (χ3v) is 2.65. The van der Waals surface area contributed by atoms with Crippen LogP contribution in [-0.4, -0.2) is 23.1 Å². The molecule has 3 nitrogen and oxygen atoms in total. The molecule has 0 spiro atoms. The van der Waals surface area contributed by atoms with Crippen molar-refractivity contribution >= 4 is 0 Å². The summed E-state index contributed by atoms with van der Waals surface area (Å²) in [5.41, 5.74) is -0.804. The van der Waals surface area contributed by atoms with Crippen LogP contribution in [0.1, 0.15) is 31.2 Å². The fourth-order valence-corrected chi connectivity index (χ4v) is 1.49. The van der Waals surface area contributed by atoms with Crippen LogP contribution in [0.5, 0.6) is 0 Å². The topological polar surface area (TPSA) is 37.8 Å². The zero-order chi connectivity index (χ0) is 12.9. The van der Waals surface area contributed by atoms with Gasteiger partial charge in [-0.1, -0.05) is 6.92 Å². The van der Waals surface area contributed by atoms with Crippen molar-refractivity contribution in [1.82, 2.24) is 15.3 Å². The Kier molecular flexibility index (Phi) is 4.86. The van der Waals surface area contributed by atoms with Gasteiger partial charge in [-0.15, -0.1) is 0 Å². The van der Waals surface area contributed by atoms with Crippen LogP contribution in [0.15, 0.2) is 12.4 Å². The van der Waals surface area contributed by atoms with Gasteiger partial charge >= 0.3 is 6.18 Å². The first-order valence-electron chi connectivity index (χ1n) is 5.52. The molecule has 1 N–H and O–H groups in total. The van der Waals surface area contributed by atoms with E-state index in [2.05, 4.69) is 22.2 Å². The minimum Gasteiger partial charge on any atom is -0.317 e. The molecule has 0 amide bonds. The number of aromatic nitrogens is 2. The van der Waals surface area contributed by atoms with E-state index in [9.17, 15) is 13.2 Å². The van der Waals surface area contributed by atoms with E-state index in [4.69, 9.17) is 0 Å². The number of rotatable bonds is 5. The van der Waals surface area contributed by atoms with E-state index in [0.29, 0.717) is 18.3 Å². The Balaban J connectivity index is 2.57. The summed E-state index contributed by atoms with van der Waals surface area (Å²) in [5, 5.41) is 3.12. The molecule has 1 rings (SSSR count). The highest BCUT2D eigenvalue weighted by atomic mass is 19.4. The first-order chi connectivity index (χ1) is 7.97. The van der Waals surface area contributed by atoms with Crippen LogP contribution in [-0.2, 0) is 12.6 Å². The standard InChI is InChI=1S/C11H16F3N3/c1-3-9(15-2)4-5-10-16-6-8(7-17-10)11(12,13)14/h6-7,9,15H,3-5H2,1-2H3/t9-/m0/s1. The number of halogens is 3. The second-order valence-electron chi connectivity index (χ2n) is 3.82. The van der Waals surface area contributed by atoms with E-state index < -0.39 is 11.7 Å². The fourth-order valence-electron chi connectivity index (χ4n) is 1.49. The maximum absolute atomic E-state index is 12.3. The normalized spacial score (nSPS) is 13.7. The molecular weight excluding hydrogens is 231 g/mol. The van der Waals surface area contributed by atoms with Gasteiger partial charge < -0.3 is 5.32 Å². The van der Waals surface area contributed by atoms with Gasteiger partial charge in [0.05, 0.1) is 5.56 Å². The SMILES string of the molecule is CC[C@@H](CCc1ncc(C(F)(F)F)cn1)NC. The third-order valence-electron chi connectivity index (χ3n) is 2.65. The molecule has 0 aliphatic carbocycles. The summed E-state index contributed by atoms with van der Waals surface area (Å²) in [5.74, 6) is 0.451. The first kappa shape index (κ1) is 13.9. The Morgan fingerprint density at radius 1 is 1.29 bits per heavy atom.